The standard InChI is InChI=1S/C20H25ClN2O5/c1-22-19(26)23(18(25)20(22)10-3-2-4-11-20)14-17(24)28-13-5-12-27-16-8-6-15(21)7-9-16/h6-9H,2-5,10-14H2,1H3. The lowest BCUT2D eigenvalue weighted by atomic mass is 9.81. The lowest BCUT2D eigenvalue weighted by molar-refractivity contribution is -0.148. The Morgan fingerprint density at radius 3 is 2.46 bits per heavy atom. The third-order valence-electron chi connectivity index (χ3n) is 5.41. The molecule has 2 aliphatic rings. The minimum absolute atomic E-state index is 0.156. The summed E-state index contributed by atoms with van der Waals surface area (Å²) in [6.07, 6.45) is 4.70. The average Bonchev–Trinajstić information content (AvgIpc) is 2.86. The second kappa shape index (κ2) is 8.82. The van der Waals surface area contributed by atoms with Gasteiger partial charge in [0.2, 0.25) is 0 Å². The zero-order valence-electron chi connectivity index (χ0n) is 16.0. The molecule has 1 aromatic carbocycles. The third kappa shape index (κ3) is 4.24. The first kappa shape index (κ1) is 20.5. The van der Waals surface area contributed by atoms with Crippen molar-refractivity contribution in [2.75, 3.05) is 26.8 Å². The molecular weight excluding hydrogens is 384 g/mol. The number of hydrogen-bond donors (Lipinski definition) is 0. The van der Waals surface area contributed by atoms with Crippen LogP contribution < -0.4 is 4.74 Å². The van der Waals surface area contributed by atoms with Crippen molar-refractivity contribution in [3.05, 3.63) is 29.3 Å². The maximum absolute atomic E-state index is 12.8. The Morgan fingerprint density at radius 2 is 1.79 bits per heavy atom. The van der Waals surface area contributed by atoms with Gasteiger partial charge >= 0.3 is 12.0 Å². The summed E-state index contributed by atoms with van der Waals surface area (Å²) < 4.78 is 10.7. The first-order valence-corrected chi connectivity index (χ1v) is 9.95. The highest BCUT2D eigenvalue weighted by Gasteiger charge is 2.55. The molecule has 8 heteroatoms. The van der Waals surface area contributed by atoms with Crippen LogP contribution in [0.25, 0.3) is 0 Å². The molecule has 1 saturated carbocycles. The predicted molar refractivity (Wildman–Crippen MR) is 103 cm³/mol. The van der Waals surface area contributed by atoms with Crippen molar-refractivity contribution in [2.45, 2.75) is 44.1 Å². The van der Waals surface area contributed by atoms with Crippen LogP contribution in [0.5, 0.6) is 5.75 Å². The quantitative estimate of drug-likeness (QED) is 0.393. The van der Waals surface area contributed by atoms with Gasteiger partial charge in [0.15, 0.2) is 0 Å². The van der Waals surface area contributed by atoms with Gasteiger partial charge < -0.3 is 14.4 Å². The van der Waals surface area contributed by atoms with Gasteiger partial charge in [0, 0.05) is 18.5 Å². The van der Waals surface area contributed by atoms with Gasteiger partial charge in [-0.3, -0.25) is 14.5 Å². The number of imide groups is 1. The number of halogens is 1. The van der Waals surface area contributed by atoms with Gasteiger partial charge in [-0.05, 0) is 37.1 Å². The zero-order valence-corrected chi connectivity index (χ0v) is 16.7. The van der Waals surface area contributed by atoms with Crippen LogP contribution in [-0.2, 0) is 14.3 Å². The lowest BCUT2D eigenvalue weighted by Crippen LogP contribution is -2.49. The van der Waals surface area contributed by atoms with Gasteiger partial charge in [-0.15, -0.1) is 0 Å². The maximum Gasteiger partial charge on any atom is 0.327 e. The third-order valence-corrected chi connectivity index (χ3v) is 5.66. The number of carbonyl (C=O) groups excluding carboxylic acids is 3. The number of esters is 1. The van der Waals surface area contributed by atoms with Crippen molar-refractivity contribution in [3.8, 4) is 5.75 Å². The Bertz CT molecular complexity index is 731. The van der Waals surface area contributed by atoms with Crippen LogP contribution in [0.2, 0.25) is 5.02 Å². The monoisotopic (exact) mass is 408 g/mol. The summed E-state index contributed by atoms with van der Waals surface area (Å²) in [4.78, 5) is 39.9. The van der Waals surface area contributed by atoms with Crippen molar-refractivity contribution in [1.82, 2.24) is 9.80 Å². The van der Waals surface area contributed by atoms with Crippen molar-refractivity contribution < 1.29 is 23.9 Å². The molecule has 1 aromatic rings. The van der Waals surface area contributed by atoms with E-state index in [9.17, 15) is 14.4 Å². The fourth-order valence-corrected chi connectivity index (χ4v) is 3.94. The largest absolute Gasteiger partial charge is 0.493 e. The number of rotatable bonds is 7. The minimum atomic E-state index is -0.776. The Morgan fingerprint density at radius 1 is 1.11 bits per heavy atom. The van der Waals surface area contributed by atoms with E-state index in [1.54, 1.807) is 31.3 Å². The van der Waals surface area contributed by atoms with E-state index >= 15 is 0 Å². The molecule has 1 aliphatic heterocycles. The number of carbonyl (C=O) groups is 3. The first-order valence-electron chi connectivity index (χ1n) is 9.58. The van der Waals surface area contributed by atoms with Crippen LogP contribution in [0.3, 0.4) is 0 Å². The molecule has 1 heterocycles. The Hall–Kier alpha value is -2.28. The van der Waals surface area contributed by atoms with Crippen LogP contribution in [0.4, 0.5) is 4.79 Å². The topological polar surface area (TPSA) is 76.2 Å². The van der Waals surface area contributed by atoms with E-state index in [0.717, 1.165) is 24.2 Å². The molecule has 3 rings (SSSR count). The van der Waals surface area contributed by atoms with E-state index in [-0.39, 0.29) is 19.1 Å². The molecular formula is C20H25ClN2O5. The van der Waals surface area contributed by atoms with Crippen molar-refractivity contribution >= 4 is 29.5 Å². The van der Waals surface area contributed by atoms with E-state index in [2.05, 4.69) is 0 Å². The highest BCUT2D eigenvalue weighted by atomic mass is 35.5. The Labute approximate surface area is 169 Å². The molecule has 0 N–H and O–H groups in total. The molecule has 7 nitrogen and oxygen atoms in total. The maximum atomic E-state index is 12.8. The van der Waals surface area contributed by atoms with Crippen molar-refractivity contribution in [2.24, 2.45) is 0 Å². The van der Waals surface area contributed by atoms with Gasteiger partial charge in [-0.1, -0.05) is 30.9 Å². The first-order chi connectivity index (χ1) is 13.4. The number of ether oxygens (including phenoxy) is 2. The molecule has 28 heavy (non-hydrogen) atoms. The Kier molecular flexibility index (Phi) is 6.44. The summed E-state index contributed by atoms with van der Waals surface area (Å²) >= 11 is 5.81. The summed E-state index contributed by atoms with van der Waals surface area (Å²) in [5, 5.41) is 0.632. The molecule has 0 atom stereocenters. The number of hydrogen-bond acceptors (Lipinski definition) is 5. The van der Waals surface area contributed by atoms with Crippen molar-refractivity contribution in [1.29, 1.82) is 0 Å². The van der Waals surface area contributed by atoms with Gasteiger partial charge in [-0.2, -0.15) is 0 Å². The molecule has 0 bridgehead atoms. The number of benzene rings is 1. The molecule has 152 valence electrons. The molecule has 2 fully saturated rings. The van der Waals surface area contributed by atoms with Gasteiger partial charge in [-0.25, -0.2) is 4.79 Å². The summed E-state index contributed by atoms with van der Waals surface area (Å²) in [5.41, 5.74) is -0.776. The second-order valence-corrected chi connectivity index (χ2v) is 7.64. The molecule has 0 aromatic heterocycles. The van der Waals surface area contributed by atoms with E-state index < -0.39 is 17.5 Å². The van der Waals surface area contributed by atoms with Crippen LogP contribution in [0, 0.1) is 0 Å². The lowest BCUT2D eigenvalue weighted by Gasteiger charge is -2.35. The molecule has 0 radical (unpaired) electrons. The average molecular weight is 409 g/mol. The van der Waals surface area contributed by atoms with E-state index in [1.165, 1.54) is 4.90 Å². The highest BCUT2D eigenvalue weighted by molar-refractivity contribution is 6.30. The molecule has 0 unspecified atom stereocenters. The number of urea groups is 1. The zero-order chi connectivity index (χ0) is 20.1. The smallest absolute Gasteiger partial charge is 0.327 e. The van der Waals surface area contributed by atoms with E-state index in [1.807, 2.05) is 0 Å². The summed E-state index contributed by atoms with van der Waals surface area (Å²) in [7, 11) is 1.64. The van der Waals surface area contributed by atoms with Gasteiger partial charge in [0.05, 0.1) is 13.2 Å². The van der Waals surface area contributed by atoms with E-state index in [4.69, 9.17) is 21.1 Å². The normalized spacial score (nSPS) is 18.6. The fraction of sp³-hybridized carbons (Fsp3) is 0.550. The molecule has 1 spiro atoms. The SMILES string of the molecule is CN1C(=O)N(CC(=O)OCCCOc2ccc(Cl)cc2)C(=O)C12CCCCC2. The Balaban J connectivity index is 1.42. The van der Waals surface area contributed by atoms with E-state index in [0.29, 0.717) is 36.6 Å². The summed E-state index contributed by atoms with van der Waals surface area (Å²) in [5.74, 6) is -0.179. The van der Waals surface area contributed by atoms with Crippen LogP contribution in [-0.4, -0.2) is 60.1 Å². The highest BCUT2D eigenvalue weighted by Crippen LogP contribution is 2.39. The molecule has 1 aliphatic carbocycles. The molecule has 3 amide bonds. The predicted octanol–water partition coefficient (Wildman–Crippen LogP) is 3.25. The van der Waals surface area contributed by atoms with Crippen LogP contribution in [0.15, 0.2) is 24.3 Å². The van der Waals surface area contributed by atoms with Crippen LogP contribution >= 0.6 is 11.6 Å². The van der Waals surface area contributed by atoms with Crippen LogP contribution in [0.1, 0.15) is 38.5 Å². The second-order valence-electron chi connectivity index (χ2n) is 7.20. The summed E-state index contributed by atoms with van der Waals surface area (Å²) in [6.45, 7) is 0.188. The number of amides is 3. The molecule has 1 saturated heterocycles. The minimum Gasteiger partial charge on any atom is -0.493 e. The summed E-state index contributed by atoms with van der Waals surface area (Å²) in [6, 6.07) is 6.57. The fourth-order valence-electron chi connectivity index (χ4n) is 3.81. The number of nitrogens with zero attached hydrogens (tertiary/aromatic N) is 2. The van der Waals surface area contributed by atoms with Crippen molar-refractivity contribution in [3.63, 3.8) is 0 Å². The van der Waals surface area contributed by atoms with Gasteiger partial charge in [0.1, 0.15) is 17.8 Å². The van der Waals surface area contributed by atoms with Gasteiger partial charge in [0.25, 0.3) is 5.91 Å². The number of likely N-dealkylation sites (N-methyl/N-ethyl adjacent to an activating group) is 1.